The minimum Gasteiger partial charge on any atom is -0.399 e. The van der Waals surface area contributed by atoms with Gasteiger partial charge in [0.25, 0.3) is 0 Å². The molecule has 1 aromatic carbocycles. The molecule has 4 nitrogen and oxygen atoms in total. The lowest BCUT2D eigenvalue weighted by Crippen LogP contribution is -2.53. The maximum Gasteiger partial charge on any atom is 0.230 e. The number of rotatable bonds is 2. The van der Waals surface area contributed by atoms with Crippen molar-refractivity contribution in [1.82, 2.24) is 4.90 Å². The van der Waals surface area contributed by atoms with E-state index in [9.17, 15) is 4.79 Å². The lowest BCUT2D eigenvalue weighted by atomic mass is 9.71. The molecule has 96 valence electrons. The number of nitrogen functional groups attached to an aromatic ring is 1. The van der Waals surface area contributed by atoms with Crippen LogP contribution in [0.4, 0.5) is 11.4 Å². The van der Waals surface area contributed by atoms with Gasteiger partial charge in [-0.05, 0) is 63.2 Å². The number of piperidine rings is 3. The third-order valence-corrected chi connectivity index (χ3v) is 4.37. The average molecular weight is 245 g/mol. The first-order valence-electron chi connectivity index (χ1n) is 6.57. The molecule has 0 spiro atoms. The Kier molecular flexibility index (Phi) is 2.74. The van der Waals surface area contributed by atoms with Gasteiger partial charge in [0.15, 0.2) is 0 Å². The fourth-order valence-electron chi connectivity index (χ4n) is 3.00. The molecule has 1 aromatic rings. The Bertz CT molecular complexity index is 433. The smallest absolute Gasteiger partial charge is 0.230 e. The predicted octanol–water partition coefficient (Wildman–Crippen LogP) is 1.69. The first kappa shape index (κ1) is 11.5. The molecule has 0 atom stereocenters. The van der Waals surface area contributed by atoms with Crippen molar-refractivity contribution in [3.05, 3.63) is 24.3 Å². The molecule has 3 fully saturated rings. The van der Waals surface area contributed by atoms with E-state index in [-0.39, 0.29) is 11.3 Å². The number of nitrogens with two attached hydrogens (primary N) is 1. The van der Waals surface area contributed by atoms with Gasteiger partial charge in [0.1, 0.15) is 0 Å². The minimum absolute atomic E-state index is 0.129. The molecule has 3 saturated heterocycles. The maximum atomic E-state index is 12.5. The van der Waals surface area contributed by atoms with Gasteiger partial charge in [-0.2, -0.15) is 0 Å². The van der Waals surface area contributed by atoms with Crippen LogP contribution in [-0.4, -0.2) is 30.4 Å². The molecule has 3 aliphatic heterocycles. The van der Waals surface area contributed by atoms with Gasteiger partial charge in [-0.1, -0.05) is 0 Å². The van der Waals surface area contributed by atoms with Crippen LogP contribution in [0.5, 0.6) is 0 Å². The molecule has 4 rings (SSSR count). The van der Waals surface area contributed by atoms with Crippen molar-refractivity contribution in [2.75, 3.05) is 30.7 Å². The van der Waals surface area contributed by atoms with E-state index in [1.165, 1.54) is 0 Å². The first-order chi connectivity index (χ1) is 8.68. The number of hydrogen-bond acceptors (Lipinski definition) is 3. The van der Waals surface area contributed by atoms with Crippen molar-refractivity contribution < 1.29 is 4.79 Å². The van der Waals surface area contributed by atoms with Gasteiger partial charge in [-0.15, -0.1) is 0 Å². The van der Waals surface area contributed by atoms with Crippen molar-refractivity contribution in [2.45, 2.75) is 19.3 Å². The number of fused-ring (bicyclic) bond motifs is 3. The molecule has 3 heterocycles. The molecule has 1 amide bonds. The second-order valence-electron chi connectivity index (χ2n) is 5.45. The summed E-state index contributed by atoms with van der Waals surface area (Å²) >= 11 is 0. The second-order valence-corrected chi connectivity index (χ2v) is 5.45. The third-order valence-electron chi connectivity index (χ3n) is 4.37. The molecule has 4 heteroatoms. The van der Waals surface area contributed by atoms with E-state index in [4.69, 9.17) is 5.73 Å². The van der Waals surface area contributed by atoms with Crippen LogP contribution in [-0.2, 0) is 4.79 Å². The maximum absolute atomic E-state index is 12.5. The molecule has 0 saturated carbocycles. The van der Waals surface area contributed by atoms with Gasteiger partial charge in [-0.25, -0.2) is 0 Å². The fraction of sp³-hybridized carbons (Fsp3) is 0.500. The van der Waals surface area contributed by atoms with Gasteiger partial charge >= 0.3 is 0 Å². The van der Waals surface area contributed by atoms with E-state index >= 15 is 0 Å². The predicted molar refractivity (Wildman–Crippen MR) is 72.2 cm³/mol. The highest BCUT2D eigenvalue weighted by Crippen LogP contribution is 2.40. The van der Waals surface area contributed by atoms with Crippen molar-refractivity contribution in [2.24, 2.45) is 5.41 Å². The number of benzene rings is 1. The zero-order valence-electron chi connectivity index (χ0n) is 10.5. The third kappa shape index (κ3) is 1.97. The number of carbonyl (C=O) groups excluding carboxylic acids is 1. The fourth-order valence-corrected chi connectivity index (χ4v) is 3.00. The van der Waals surface area contributed by atoms with E-state index in [1.54, 1.807) is 0 Å². The number of carbonyl (C=O) groups is 1. The molecule has 2 bridgehead atoms. The van der Waals surface area contributed by atoms with E-state index in [0.29, 0.717) is 0 Å². The molecule has 18 heavy (non-hydrogen) atoms. The first-order valence-corrected chi connectivity index (χ1v) is 6.57. The Labute approximate surface area is 107 Å². The summed E-state index contributed by atoms with van der Waals surface area (Å²) < 4.78 is 0. The molecule has 3 aliphatic rings. The van der Waals surface area contributed by atoms with E-state index in [1.807, 2.05) is 24.3 Å². The largest absolute Gasteiger partial charge is 0.399 e. The summed E-state index contributed by atoms with van der Waals surface area (Å²) in [6, 6.07) is 7.36. The number of nitrogens with zero attached hydrogens (tertiary/aromatic N) is 1. The lowest BCUT2D eigenvalue weighted by Gasteiger charge is -2.47. The molecular weight excluding hydrogens is 226 g/mol. The normalized spacial score (nSPS) is 30.1. The highest BCUT2D eigenvalue weighted by Gasteiger charge is 2.44. The lowest BCUT2D eigenvalue weighted by molar-refractivity contribution is -0.132. The van der Waals surface area contributed by atoms with Crippen molar-refractivity contribution in [3.63, 3.8) is 0 Å². The highest BCUT2D eigenvalue weighted by atomic mass is 16.2. The summed E-state index contributed by atoms with van der Waals surface area (Å²) in [6.07, 6.45) is 2.98. The summed E-state index contributed by atoms with van der Waals surface area (Å²) in [4.78, 5) is 14.9. The second kappa shape index (κ2) is 4.28. The Balaban J connectivity index is 1.72. The van der Waals surface area contributed by atoms with Crippen LogP contribution >= 0.6 is 0 Å². The van der Waals surface area contributed by atoms with Gasteiger partial charge in [-0.3, -0.25) is 4.79 Å². The Morgan fingerprint density at radius 1 is 1.11 bits per heavy atom. The van der Waals surface area contributed by atoms with Crippen LogP contribution in [0.15, 0.2) is 24.3 Å². The molecule has 3 N–H and O–H groups in total. The standard InChI is InChI=1S/C14H19N3O/c15-11-1-3-12(4-2-11)16-13(18)14-5-8-17(9-6-14)10-7-14/h1-4H,5-10,15H2,(H,16,18). The molecule has 0 unspecified atom stereocenters. The van der Waals surface area contributed by atoms with Gasteiger partial charge < -0.3 is 16.0 Å². The Hall–Kier alpha value is -1.55. The molecule has 0 radical (unpaired) electrons. The SMILES string of the molecule is Nc1ccc(NC(=O)C23CCN(CC2)CC3)cc1. The summed E-state index contributed by atoms with van der Waals surface area (Å²) in [5.41, 5.74) is 7.08. The highest BCUT2D eigenvalue weighted by molar-refractivity contribution is 5.95. The van der Waals surface area contributed by atoms with Crippen LogP contribution < -0.4 is 11.1 Å². The van der Waals surface area contributed by atoms with Crippen LogP contribution in [0.2, 0.25) is 0 Å². The summed E-state index contributed by atoms with van der Waals surface area (Å²) in [5, 5.41) is 3.04. The van der Waals surface area contributed by atoms with Gasteiger partial charge in [0.05, 0.1) is 5.41 Å². The summed E-state index contributed by atoms with van der Waals surface area (Å²) in [7, 11) is 0. The van der Waals surface area contributed by atoms with Crippen LogP contribution in [0.3, 0.4) is 0 Å². The van der Waals surface area contributed by atoms with E-state index in [2.05, 4.69) is 10.2 Å². The van der Waals surface area contributed by atoms with Crippen molar-refractivity contribution >= 4 is 17.3 Å². The topological polar surface area (TPSA) is 58.4 Å². The summed E-state index contributed by atoms with van der Waals surface area (Å²) in [5.74, 6) is 0.187. The van der Waals surface area contributed by atoms with Gasteiger partial charge in [0.2, 0.25) is 5.91 Å². The average Bonchev–Trinajstić information content (AvgIpc) is 2.43. The van der Waals surface area contributed by atoms with E-state index in [0.717, 1.165) is 50.3 Å². The van der Waals surface area contributed by atoms with Crippen molar-refractivity contribution in [3.8, 4) is 0 Å². The monoisotopic (exact) mass is 245 g/mol. The zero-order valence-corrected chi connectivity index (χ0v) is 10.5. The molecule has 0 aromatic heterocycles. The summed E-state index contributed by atoms with van der Waals surface area (Å²) in [6.45, 7) is 3.19. The molecular formula is C14H19N3O. The Morgan fingerprint density at radius 3 is 2.22 bits per heavy atom. The van der Waals surface area contributed by atoms with E-state index < -0.39 is 0 Å². The number of amides is 1. The van der Waals surface area contributed by atoms with Crippen LogP contribution in [0.1, 0.15) is 19.3 Å². The number of anilines is 2. The molecule has 0 aliphatic carbocycles. The number of hydrogen-bond donors (Lipinski definition) is 2. The van der Waals surface area contributed by atoms with Gasteiger partial charge in [0, 0.05) is 11.4 Å². The zero-order chi connectivity index (χ0) is 12.6. The minimum atomic E-state index is -0.129. The van der Waals surface area contributed by atoms with Crippen LogP contribution in [0, 0.1) is 5.41 Å². The van der Waals surface area contributed by atoms with Crippen molar-refractivity contribution in [1.29, 1.82) is 0 Å². The van der Waals surface area contributed by atoms with Crippen LogP contribution in [0.25, 0.3) is 0 Å². The number of nitrogens with one attached hydrogen (secondary N) is 1. The Morgan fingerprint density at radius 2 is 1.67 bits per heavy atom. The quantitative estimate of drug-likeness (QED) is 0.780.